The van der Waals surface area contributed by atoms with Gasteiger partial charge in [0.1, 0.15) is 11.5 Å². The molecule has 30 heavy (non-hydrogen) atoms. The predicted molar refractivity (Wildman–Crippen MR) is 117 cm³/mol. The van der Waals surface area contributed by atoms with Gasteiger partial charge in [-0.3, -0.25) is 0 Å². The van der Waals surface area contributed by atoms with Crippen LogP contribution in [0.3, 0.4) is 0 Å². The van der Waals surface area contributed by atoms with Crippen molar-refractivity contribution in [1.29, 1.82) is 0 Å². The first-order chi connectivity index (χ1) is 14.6. The first-order valence-corrected chi connectivity index (χ1v) is 9.56. The molecule has 0 heterocycles. The third-order valence-electron chi connectivity index (χ3n) is 4.93. The van der Waals surface area contributed by atoms with Crippen molar-refractivity contribution in [3.63, 3.8) is 0 Å². The van der Waals surface area contributed by atoms with Crippen LogP contribution in [0.2, 0.25) is 0 Å². The minimum Gasteiger partial charge on any atom is -0.508 e. The Morgan fingerprint density at radius 1 is 0.667 bits per heavy atom. The molecule has 4 rings (SSSR count). The molecule has 0 atom stereocenters. The summed E-state index contributed by atoms with van der Waals surface area (Å²) in [5.41, 5.74) is 5.35. The first-order valence-electron chi connectivity index (χ1n) is 9.56. The SMILES string of the molecule is O=C(O)Oc1ccc(-c2ccccc2)cc1Cc1cc(-c2ccccc2)ccc1O. The molecule has 4 aromatic carbocycles. The van der Waals surface area contributed by atoms with E-state index in [0.29, 0.717) is 17.5 Å². The van der Waals surface area contributed by atoms with Crippen molar-refractivity contribution >= 4 is 6.16 Å². The molecule has 0 aromatic heterocycles. The summed E-state index contributed by atoms with van der Waals surface area (Å²) in [5.74, 6) is 0.410. The molecule has 4 heteroatoms. The summed E-state index contributed by atoms with van der Waals surface area (Å²) in [6, 6.07) is 30.6. The summed E-state index contributed by atoms with van der Waals surface area (Å²) in [7, 11) is 0. The van der Waals surface area contributed by atoms with Gasteiger partial charge in [-0.1, -0.05) is 72.8 Å². The maximum Gasteiger partial charge on any atom is 0.511 e. The molecule has 2 N–H and O–H groups in total. The van der Waals surface area contributed by atoms with Gasteiger partial charge in [0.25, 0.3) is 0 Å². The zero-order chi connectivity index (χ0) is 20.9. The van der Waals surface area contributed by atoms with Gasteiger partial charge in [-0.2, -0.15) is 0 Å². The largest absolute Gasteiger partial charge is 0.511 e. The lowest BCUT2D eigenvalue weighted by atomic mass is 9.95. The van der Waals surface area contributed by atoms with Crippen LogP contribution in [0.4, 0.5) is 4.79 Å². The molecule has 0 saturated heterocycles. The number of ether oxygens (including phenoxy) is 1. The van der Waals surface area contributed by atoms with E-state index in [1.165, 1.54) is 0 Å². The van der Waals surface area contributed by atoms with Crippen molar-refractivity contribution < 1.29 is 19.7 Å². The molecule has 0 aliphatic heterocycles. The second-order valence-electron chi connectivity index (χ2n) is 6.94. The van der Waals surface area contributed by atoms with Crippen molar-refractivity contribution in [3.8, 4) is 33.8 Å². The summed E-state index contributed by atoms with van der Waals surface area (Å²) in [6.45, 7) is 0. The Hall–Kier alpha value is -4.05. The number of benzene rings is 4. The van der Waals surface area contributed by atoms with Crippen molar-refractivity contribution in [1.82, 2.24) is 0 Å². The van der Waals surface area contributed by atoms with Gasteiger partial charge in [-0.15, -0.1) is 0 Å². The molecule has 0 amide bonds. The van der Waals surface area contributed by atoms with E-state index in [1.54, 1.807) is 12.1 Å². The van der Waals surface area contributed by atoms with E-state index < -0.39 is 6.16 Å². The zero-order valence-corrected chi connectivity index (χ0v) is 16.2. The predicted octanol–water partition coefficient (Wildman–Crippen LogP) is 6.37. The third-order valence-corrected chi connectivity index (χ3v) is 4.93. The fourth-order valence-electron chi connectivity index (χ4n) is 3.46. The van der Waals surface area contributed by atoms with Gasteiger partial charge in [0, 0.05) is 12.0 Å². The maximum atomic E-state index is 11.2. The van der Waals surface area contributed by atoms with Crippen LogP contribution in [0.1, 0.15) is 11.1 Å². The number of hydrogen-bond donors (Lipinski definition) is 2. The fourth-order valence-corrected chi connectivity index (χ4v) is 3.46. The van der Waals surface area contributed by atoms with Crippen LogP contribution in [0, 0.1) is 0 Å². The summed E-state index contributed by atoms with van der Waals surface area (Å²) in [4.78, 5) is 11.2. The lowest BCUT2D eigenvalue weighted by Gasteiger charge is -2.13. The van der Waals surface area contributed by atoms with E-state index in [2.05, 4.69) is 0 Å². The second-order valence-corrected chi connectivity index (χ2v) is 6.94. The smallest absolute Gasteiger partial charge is 0.508 e. The topological polar surface area (TPSA) is 66.8 Å². The van der Waals surface area contributed by atoms with Gasteiger partial charge in [0.15, 0.2) is 0 Å². The summed E-state index contributed by atoms with van der Waals surface area (Å²) < 4.78 is 5.00. The third kappa shape index (κ3) is 4.33. The average molecular weight is 396 g/mol. The van der Waals surface area contributed by atoms with E-state index >= 15 is 0 Å². The fraction of sp³-hybridized carbons (Fsp3) is 0.0385. The van der Waals surface area contributed by atoms with Crippen LogP contribution in [0.5, 0.6) is 11.5 Å². The van der Waals surface area contributed by atoms with Gasteiger partial charge >= 0.3 is 6.16 Å². The highest BCUT2D eigenvalue weighted by molar-refractivity contribution is 5.69. The molecule has 0 bridgehead atoms. The van der Waals surface area contributed by atoms with Crippen LogP contribution < -0.4 is 4.74 Å². The normalized spacial score (nSPS) is 10.5. The number of phenols is 1. The number of hydrogen-bond acceptors (Lipinski definition) is 3. The standard InChI is InChI=1S/C26H20O4/c27-24-13-11-20(18-7-3-1-4-8-18)15-22(24)17-23-16-21(19-9-5-2-6-10-19)12-14-25(23)30-26(28)29/h1-16,27H,17H2,(H,28,29). The Bertz CT molecular complexity index is 1170. The monoisotopic (exact) mass is 396 g/mol. The molecule has 0 spiro atoms. The van der Waals surface area contributed by atoms with Crippen LogP contribution in [0.15, 0.2) is 97.1 Å². The summed E-state index contributed by atoms with van der Waals surface area (Å²) in [5, 5.41) is 19.6. The zero-order valence-electron chi connectivity index (χ0n) is 16.2. The van der Waals surface area contributed by atoms with Gasteiger partial charge in [-0.25, -0.2) is 4.79 Å². The van der Waals surface area contributed by atoms with E-state index in [4.69, 9.17) is 9.84 Å². The van der Waals surface area contributed by atoms with E-state index in [9.17, 15) is 9.90 Å². The molecule has 148 valence electrons. The summed E-state index contributed by atoms with van der Waals surface area (Å²) in [6.07, 6.45) is -1.04. The Morgan fingerprint density at radius 2 is 1.20 bits per heavy atom. The maximum absolute atomic E-state index is 11.2. The Kier molecular flexibility index (Phi) is 5.48. The lowest BCUT2D eigenvalue weighted by molar-refractivity contribution is 0.144. The molecule has 0 saturated carbocycles. The van der Waals surface area contributed by atoms with E-state index in [-0.39, 0.29) is 11.5 Å². The minimum absolute atomic E-state index is 0.154. The van der Waals surface area contributed by atoms with Gasteiger partial charge in [0.2, 0.25) is 0 Å². The Labute approximate surface area is 174 Å². The molecular weight excluding hydrogens is 376 g/mol. The van der Waals surface area contributed by atoms with E-state index in [0.717, 1.165) is 22.3 Å². The molecule has 0 aliphatic carbocycles. The molecular formula is C26H20O4. The highest BCUT2D eigenvalue weighted by atomic mass is 16.7. The Balaban J connectivity index is 1.75. The number of aromatic hydroxyl groups is 1. The molecule has 0 radical (unpaired) electrons. The summed E-state index contributed by atoms with van der Waals surface area (Å²) >= 11 is 0. The van der Waals surface area contributed by atoms with Crippen LogP contribution in [-0.2, 0) is 6.42 Å². The molecule has 0 aliphatic rings. The first kappa shape index (κ1) is 19.3. The highest BCUT2D eigenvalue weighted by Crippen LogP contribution is 2.33. The van der Waals surface area contributed by atoms with Crippen LogP contribution in [-0.4, -0.2) is 16.4 Å². The van der Waals surface area contributed by atoms with Crippen LogP contribution in [0.25, 0.3) is 22.3 Å². The lowest BCUT2D eigenvalue weighted by Crippen LogP contribution is -2.06. The molecule has 4 aromatic rings. The second kappa shape index (κ2) is 8.53. The molecule has 4 nitrogen and oxygen atoms in total. The molecule has 0 fully saturated rings. The van der Waals surface area contributed by atoms with Gasteiger partial charge in [0.05, 0.1) is 0 Å². The number of rotatable bonds is 5. The van der Waals surface area contributed by atoms with Gasteiger partial charge in [-0.05, 0) is 52.1 Å². The molecule has 0 unspecified atom stereocenters. The van der Waals surface area contributed by atoms with Crippen molar-refractivity contribution in [2.75, 3.05) is 0 Å². The Morgan fingerprint density at radius 3 is 1.77 bits per heavy atom. The number of phenolic OH excluding ortho intramolecular Hbond substituents is 1. The number of carboxylic acid groups (broad SMARTS) is 1. The minimum atomic E-state index is -1.37. The van der Waals surface area contributed by atoms with E-state index in [1.807, 2.05) is 84.9 Å². The van der Waals surface area contributed by atoms with Crippen molar-refractivity contribution in [3.05, 3.63) is 108 Å². The van der Waals surface area contributed by atoms with Gasteiger partial charge < -0.3 is 14.9 Å². The highest BCUT2D eigenvalue weighted by Gasteiger charge is 2.13. The quantitative estimate of drug-likeness (QED) is 0.304. The van der Waals surface area contributed by atoms with Crippen molar-refractivity contribution in [2.24, 2.45) is 0 Å². The average Bonchev–Trinajstić information content (AvgIpc) is 2.77. The van der Waals surface area contributed by atoms with Crippen molar-refractivity contribution in [2.45, 2.75) is 6.42 Å². The van der Waals surface area contributed by atoms with Crippen LogP contribution >= 0.6 is 0 Å². The number of carbonyl (C=O) groups is 1.